The first-order valence-electron chi connectivity index (χ1n) is 4.96. The first-order valence-corrected chi connectivity index (χ1v) is 5.59. The van der Waals surface area contributed by atoms with Gasteiger partial charge in [0.2, 0.25) is 0 Å². The Balaban J connectivity index is 3.56. The van der Waals surface area contributed by atoms with Crippen LogP contribution in [-0.4, -0.2) is 43.2 Å². The van der Waals surface area contributed by atoms with E-state index in [2.05, 4.69) is 33.6 Å². The third-order valence-corrected chi connectivity index (χ3v) is 2.58. The van der Waals surface area contributed by atoms with E-state index in [4.69, 9.17) is 0 Å². The molecule has 0 aliphatic carbocycles. The molecule has 0 unspecified atom stereocenters. The van der Waals surface area contributed by atoms with E-state index >= 15 is 0 Å². The summed E-state index contributed by atoms with van der Waals surface area (Å²) in [5, 5.41) is 0. The van der Waals surface area contributed by atoms with Crippen molar-refractivity contribution in [1.29, 1.82) is 0 Å². The van der Waals surface area contributed by atoms with Gasteiger partial charge in [-0.3, -0.25) is 4.79 Å². The van der Waals surface area contributed by atoms with Gasteiger partial charge in [0, 0.05) is 18.6 Å². The number of ketones is 1. The van der Waals surface area contributed by atoms with Crippen LogP contribution in [0.25, 0.3) is 0 Å². The van der Waals surface area contributed by atoms with Crippen molar-refractivity contribution >= 4 is 18.4 Å². The third kappa shape index (κ3) is 7.08. The molecule has 0 bridgehead atoms. The molecule has 13 heavy (non-hydrogen) atoms. The maximum Gasteiger partial charge on any atom is 0.142 e. The summed E-state index contributed by atoms with van der Waals surface area (Å²) in [6, 6.07) is 0. The summed E-state index contributed by atoms with van der Waals surface area (Å²) in [7, 11) is 4.43. The van der Waals surface area contributed by atoms with Crippen molar-refractivity contribution in [2.75, 3.05) is 32.9 Å². The van der Waals surface area contributed by atoms with Gasteiger partial charge in [-0.15, -0.1) is 0 Å². The molecule has 2 nitrogen and oxygen atoms in total. The molecule has 0 fully saturated rings. The van der Waals surface area contributed by atoms with Crippen molar-refractivity contribution in [3.8, 4) is 0 Å². The maximum atomic E-state index is 11.0. The number of hydrogen-bond acceptors (Lipinski definition) is 2. The van der Waals surface area contributed by atoms with Crippen LogP contribution in [0.1, 0.15) is 26.2 Å². The predicted octanol–water partition coefficient (Wildman–Crippen LogP) is 1.75. The van der Waals surface area contributed by atoms with Gasteiger partial charge in [0.15, 0.2) is 0 Å². The van der Waals surface area contributed by atoms with Gasteiger partial charge in [0.1, 0.15) is 5.78 Å². The zero-order valence-corrected chi connectivity index (χ0v) is 9.94. The Bertz CT molecular complexity index is 157. The van der Waals surface area contributed by atoms with Gasteiger partial charge in [-0.05, 0) is 6.42 Å². The lowest BCUT2D eigenvalue weighted by Crippen LogP contribution is -2.41. The van der Waals surface area contributed by atoms with Gasteiger partial charge in [0.05, 0.1) is 27.2 Å². The second-order valence-corrected chi connectivity index (χ2v) is 4.50. The molecule has 0 atom stereocenters. The summed E-state index contributed by atoms with van der Waals surface area (Å²) >= 11 is 3.95. The number of carbonyl (C=O) groups excluding carboxylic acids is 1. The molecule has 0 heterocycles. The second-order valence-electron chi connectivity index (χ2n) is 4.18. The Morgan fingerprint density at radius 1 is 1.31 bits per heavy atom. The molecule has 0 aliphatic heterocycles. The highest BCUT2D eigenvalue weighted by Crippen LogP contribution is 2.03. The van der Waals surface area contributed by atoms with Crippen LogP contribution in [-0.2, 0) is 4.79 Å². The molecule has 3 heteroatoms. The van der Waals surface area contributed by atoms with E-state index in [0.717, 1.165) is 17.4 Å². The number of quaternary nitrogens is 1. The number of nitrogens with zero attached hydrogens (tertiary/aromatic N) is 1. The summed E-state index contributed by atoms with van der Waals surface area (Å²) in [6.07, 6.45) is 2.88. The third-order valence-electron chi connectivity index (χ3n) is 2.22. The Labute approximate surface area is 87.3 Å². The van der Waals surface area contributed by atoms with Crippen LogP contribution in [0.5, 0.6) is 0 Å². The topological polar surface area (TPSA) is 17.1 Å². The lowest BCUT2D eigenvalue weighted by molar-refractivity contribution is -0.890. The molecule has 0 N–H and O–H groups in total. The van der Waals surface area contributed by atoms with Gasteiger partial charge < -0.3 is 4.48 Å². The van der Waals surface area contributed by atoms with E-state index < -0.39 is 0 Å². The zero-order chi connectivity index (χ0) is 10.3. The van der Waals surface area contributed by atoms with Gasteiger partial charge in [-0.25, -0.2) is 0 Å². The minimum atomic E-state index is 0.264. The first-order chi connectivity index (χ1) is 6.02. The van der Waals surface area contributed by atoms with Gasteiger partial charge in [-0.1, -0.05) is 6.92 Å². The van der Waals surface area contributed by atoms with E-state index in [9.17, 15) is 4.79 Å². The van der Waals surface area contributed by atoms with Crippen LogP contribution >= 0.6 is 12.6 Å². The van der Waals surface area contributed by atoms with E-state index in [0.29, 0.717) is 12.2 Å². The monoisotopic (exact) mass is 204 g/mol. The molecule has 0 aromatic rings. The summed E-state index contributed by atoms with van der Waals surface area (Å²) in [5.41, 5.74) is 0. The molecule has 0 rings (SSSR count). The average molecular weight is 204 g/mol. The van der Waals surface area contributed by atoms with Crippen LogP contribution in [0.2, 0.25) is 0 Å². The molecule has 0 aromatic carbocycles. The highest BCUT2D eigenvalue weighted by Gasteiger charge is 2.13. The summed E-state index contributed by atoms with van der Waals surface area (Å²) in [6.45, 7) is 4.47. The van der Waals surface area contributed by atoms with E-state index in [1.54, 1.807) is 0 Å². The lowest BCUT2D eigenvalue weighted by Gasteiger charge is -2.29. The van der Waals surface area contributed by atoms with Gasteiger partial charge in [0.25, 0.3) is 0 Å². The molecular weight excluding hydrogens is 182 g/mol. The van der Waals surface area contributed by atoms with Crippen LogP contribution in [0.4, 0.5) is 0 Å². The predicted molar refractivity (Wildman–Crippen MR) is 60.2 cm³/mol. The Morgan fingerprint density at radius 2 is 1.92 bits per heavy atom. The largest absolute Gasteiger partial charge is 0.328 e. The van der Waals surface area contributed by atoms with E-state index in [1.165, 1.54) is 13.0 Å². The molecule has 0 saturated heterocycles. The van der Waals surface area contributed by atoms with Crippen molar-refractivity contribution in [3.05, 3.63) is 0 Å². The summed E-state index contributed by atoms with van der Waals surface area (Å²) < 4.78 is 1.02. The number of rotatable bonds is 7. The summed E-state index contributed by atoms with van der Waals surface area (Å²) in [5.74, 6) is 0.654. The Kier molecular flexibility index (Phi) is 6.43. The second kappa shape index (κ2) is 6.44. The Morgan fingerprint density at radius 3 is 2.38 bits per heavy atom. The van der Waals surface area contributed by atoms with Crippen molar-refractivity contribution in [1.82, 2.24) is 0 Å². The fraction of sp³-hybridized carbons (Fsp3) is 0.900. The fourth-order valence-electron chi connectivity index (χ4n) is 1.50. The SMILES string of the molecule is CCC[N+](C)(C)CCCC(=O)CS. The standard InChI is InChI=1S/C10H21NOS/c1-4-7-11(2,3)8-5-6-10(12)9-13/h4-9H2,1-3H3/p+1. The number of thiol groups is 1. The lowest BCUT2D eigenvalue weighted by atomic mass is 10.2. The minimum Gasteiger partial charge on any atom is -0.328 e. The van der Waals surface area contributed by atoms with Crippen molar-refractivity contribution in [3.63, 3.8) is 0 Å². The van der Waals surface area contributed by atoms with E-state index in [-0.39, 0.29) is 5.78 Å². The van der Waals surface area contributed by atoms with Crippen molar-refractivity contribution < 1.29 is 9.28 Å². The van der Waals surface area contributed by atoms with Crippen LogP contribution < -0.4 is 0 Å². The first kappa shape index (κ1) is 13.0. The molecule has 0 aromatic heterocycles. The van der Waals surface area contributed by atoms with Crippen LogP contribution in [0.15, 0.2) is 0 Å². The highest BCUT2D eigenvalue weighted by molar-refractivity contribution is 7.81. The smallest absolute Gasteiger partial charge is 0.142 e. The normalized spacial score (nSPS) is 11.7. The Hall–Kier alpha value is -0.0200. The fourth-order valence-corrected chi connectivity index (χ4v) is 1.66. The van der Waals surface area contributed by atoms with Gasteiger partial charge in [-0.2, -0.15) is 12.6 Å². The van der Waals surface area contributed by atoms with E-state index in [1.807, 2.05) is 0 Å². The highest BCUT2D eigenvalue weighted by atomic mass is 32.1. The maximum absolute atomic E-state index is 11.0. The van der Waals surface area contributed by atoms with Crippen LogP contribution in [0.3, 0.4) is 0 Å². The molecule has 0 spiro atoms. The van der Waals surface area contributed by atoms with Crippen molar-refractivity contribution in [2.45, 2.75) is 26.2 Å². The molecule has 0 amide bonds. The van der Waals surface area contributed by atoms with Crippen molar-refractivity contribution in [2.24, 2.45) is 0 Å². The van der Waals surface area contributed by atoms with Crippen LogP contribution in [0, 0.1) is 0 Å². The number of Topliss-reactive ketones (excluding diaryl/α,β-unsaturated/α-hetero) is 1. The van der Waals surface area contributed by atoms with Gasteiger partial charge >= 0.3 is 0 Å². The number of hydrogen-bond donors (Lipinski definition) is 1. The number of carbonyl (C=O) groups is 1. The molecule has 0 saturated carbocycles. The molecule has 0 radical (unpaired) electrons. The molecule has 0 aliphatic rings. The molecule has 78 valence electrons. The zero-order valence-electron chi connectivity index (χ0n) is 9.05. The molecular formula is C10H22NOS+. The quantitative estimate of drug-likeness (QED) is 0.494. The minimum absolute atomic E-state index is 0.264. The summed E-state index contributed by atoms with van der Waals surface area (Å²) in [4.78, 5) is 11.0. The average Bonchev–Trinajstić information content (AvgIpc) is 2.03.